The number of esters is 4. The second-order valence-electron chi connectivity index (χ2n) is 7.68. The van der Waals surface area contributed by atoms with E-state index in [0.29, 0.717) is 24.8 Å². The maximum Gasteiger partial charge on any atom is 0.338 e. The molecule has 0 aliphatic heterocycles. The zero-order chi connectivity index (χ0) is 25.8. The Morgan fingerprint density at radius 2 is 1.17 bits per heavy atom. The average molecular weight is 489 g/mol. The van der Waals surface area contributed by atoms with Crippen LogP contribution in [0, 0.1) is 5.82 Å². The van der Waals surface area contributed by atoms with Crippen LogP contribution in [-0.4, -0.2) is 23.9 Å². The molecule has 0 saturated heterocycles. The average Bonchev–Trinajstić information content (AvgIpc) is 2.80. The summed E-state index contributed by atoms with van der Waals surface area (Å²) in [6.07, 6.45) is 1.73. The third-order valence-corrected chi connectivity index (χ3v) is 4.57. The molecule has 0 amide bonds. The van der Waals surface area contributed by atoms with Crippen molar-refractivity contribution in [2.45, 2.75) is 65.9 Å². The standard InChI is InChI=1S/C26H29FO8/c1-4-7-22(28)33-20-14-18(26(31)32-16-17-10-12-19(27)13-11-17)15-21(34-23(29)8-5-2)25(20)35-24(30)9-6-3/h10-15H,4-9,16H2,1-3H3. The summed E-state index contributed by atoms with van der Waals surface area (Å²) >= 11 is 0. The molecule has 0 aliphatic carbocycles. The molecule has 8 nitrogen and oxygen atoms in total. The molecule has 0 fully saturated rings. The van der Waals surface area contributed by atoms with Crippen LogP contribution >= 0.6 is 0 Å². The molecule has 0 aliphatic rings. The molecule has 0 unspecified atom stereocenters. The number of hydrogen-bond donors (Lipinski definition) is 0. The number of halogens is 1. The van der Waals surface area contributed by atoms with Crippen LogP contribution < -0.4 is 14.2 Å². The highest BCUT2D eigenvalue weighted by Gasteiger charge is 2.25. The lowest BCUT2D eigenvalue weighted by Gasteiger charge is -2.16. The molecular weight excluding hydrogens is 459 g/mol. The van der Waals surface area contributed by atoms with Crippen LogP contribution in [0.1, 0.15) is 75.2 Å². The molecule has 2 rings (SSSR count). The highest BCUT2D eigenvalue weighted by molar-refractivity contribution is 5.92. The topological polar surface area (TPSA) is 105 Å². The van der Waals surface area contributed by atoms with Crippen molar-refractivity contribution < 1.29 is 42.5 Å². The first-order valence-corrected chi connectivity index (χ1v) is 11.5. The lowest BCUT2D eigenvalue weighted by molar-refractivity contribution is -0.138. The van der Waals surface area contributed by atoms with Gasteiger partial charge in [-0.25, -0.2) is 9.18 Å². The Labute approximate surface area is 203 Å². The summed E-state index contributed by atoms with van der Waals surface area (Å²) in [4.78, 5) is 49.4. The normalized spacial score (nSPS) is 10.4. The molecule has 188 valence electrons. The summed E-state index contributed by atoms with van der Waals surface area (Å²) in [5.41, 5.74) is 0.454. The van der Waals surface area contributed by atoms with Gasteiger partial charge in [-0.1, -0.05) is 32.9 Å². The summed E-state index contributed by atoms with van der Waals surface area (Å²) in [6.45, 7) is 5.20. The molecule has 2 aromatic rings. The van der Waals surface area contributed by atoms with E-state index in [-0.39, 0.29) is 48.7 Å². The van der Waals surface area contributed by atoms with Crippen molar-refractivity contribution >= 4 is 23.9 Å². The first-order valence-electron chi connectivity index (χ1n) is 11.5. The Morgan fingerprint density at radius 1 is 0.714 bits per heavy atom. The zero-order valence-corrected chi connectivity index (χ0v) is 20.1. The number of ether oxygens (including phenoxy) is 4. The number of carbonyl (C=O) groups excluding carboxylic acids is 4. The van der Waals surface area contributed by atoms with Crippen molar-refractivity contribution in [2.75, 3.05) is 0 Å². The summed E-state index contributed by atoms with van der Waals surface area (Å²) in [5.74, 6) is -3.88. The van der Waals surface area contributed by atoms with Crippen molar-refractivity contribution in [3.05, 3.63) is 53.3 Å². The van der Waals surface area contributed by atoms with Crippen molar-refractivity contribution in [2.24, 2.45) is 0 Å². The molecule has 9 heteroatoms. The number of hydrogen-bond acceptors (Lipinski definition) is 8. The van der Waals surface area contributed by atoms with E-state index in [0.717, 1.165) is 0 Å². The van der Waals surface area contributed by atoms with Crippen LogP contribution in [0.25, 0.3) is 0 Å². The quantitative estimate of drug-likeness (QED) is 0.293. The Bertz CT molecular complexity index is 1000. The molecule has 35 heavy (non-hydrogen) atoms. The van der Waals surface area contributed by atoms with E-state index in [9.17, 15) is 23.6 Å². The van der Waals surface area contributed by atoms with E-state index in [2.05, 4.69) is 0 Å². The fourth-order valence-corrected chi connectivity index (χ4v) is 2.88. The van der Waals surface area contributed by atoms with Crippen molar-refractivity contribution in [3.8, 4) is 17.2 Å². The summed E-state index contributed by atoms with van der Waals surface area (Å²) in [7, 11) is 0. The maximum absolute atomic E-state index is 13.1. The molecule has 2 aromatic carbocycles. The van der Waals surface area contributed by atoms with E-state index in [1.54, 1.807) is 20.8 Å². The van der Waals surface area contributed by atoms with Gasteiger partial charge in [-0.2, -0.15) is 0 Å². The second kappa shape index (κ2) is 13.8. The predicted octanol–water partition coefficient (Wildman–Crippen LogP) is 5.30. The summed E-state index contributed by atoms with van der Waals surface area (Å²) < 4.78 is 34.5. The van der Waals surface area contributed by atoms with Crippen molar-refractivity contribution in [1.29, 1.82) is 0 Å². The Hall–Kier alpha value is -3.75. The van der Waals surface area contributed by atoms with Crippen molar-refractivity contribution in [3.63, 3.8) is 0 Å². The van der Waals surface area contributed by atoms with Gasteiger partial charge in [-0.3, -0.25) is 14.4 Å². The third-order valence-electron chi connectivity index (χ3n) is 4.57. The van der Waals surface area contributed by atoms with Gasteiger partial charge in [0, 0.05) is 19.3 Å². The lowest BCUT2D eigenvalue weighted by Crippen LogP contribution is -2.16. The molecule has 0 aromatic heterocycles. The van der Waals surface area contributed by atoms with Crippen LogP contribution in [0.5, 0.6) is 17.2 Å². The molecule has 0 heterocycles. The lowest BCUT2D eigenvalue weighted by atomic mass is 10.1. The molecule has 0 bridgehead atoms. The molecule has 0 spiro atoms. The van der Waals surface area contributed by atoms with Gasteiger partial charge < -0.3 is 18.9 Å². The van der Waals surface area contributed by atoms with Crippen LogP contribution in [0.2, 0.25) is 0 Å². The Kier molecular flexibility index (Phi) is 10.9. The van der Waals surface area contributed by atoms with Gasteiger partial charge >= 0.3 is 23.9 Å². The zero-order valence-electron chi connectivity index (χ0n) is 20.1. The minimum absolute atomic E-state index is 0.0756. The van der Waals surface area contributed by atoms with Gasteiger partial charge in [0.15, 0.2) is 11.5 Å². The fraction of sp³-hybridized carbons (Fsp3) is 0.385. The maximum atomic E-state index is 13.1. The van der Waals surface area contributed by atoms with Gasteiger partial charge in [0.05, 0.1) is 5.56 Å². The largest absolute Gasteiger partial charge is 0.457 e. The fourth-order valence-electron chi connectivity index (χ4n) is 2.88. The minimum Gasteiger partial charge on any atom is -0.457 e. The van der Waals surface area contributed by atoms with Gasteiger partial charge in [-0.15, -0.1) is 0 Å². The predicted molar refractivity (Wildman–Crippen MR) is 124 cm³/mol. The number of rotatable bonds is 12. The van der Waals surface area contributed by atoms with E-state index in [4.69, 9.17) is 18.9 Å². The summed E-state index contributed by atoms with van der Waals surface area (Å²) in [5, 5.41) is 0. The van der Waals surface area contributed by atoms with Gasteiger partial charge in [0.25, 0.3) is 0 Å². The minimum atomic E-state index is -0.818. The van der Waals surface area contributed by atoms with Gasteiger partial charge in [0.1, 0.15) is 12.4 Å². The molecule has 0 N–H and O–H groups in total. The van der Waals surface area contributed by atoms with Crippen molar-refractivity contribution in [1.82, 2.24) is 0 Å². The SMILES string of the molecule is CCCC(=O)Oc1cc(C(=O)OCc2ccc(F)cc2)cc(OC(=O)CCC)c1OC(=O)CCC. The molecule has 0 saturated carbocycles. The van der Waals surface area contributed by atoms with Crippen LogP contribution in [-0.2, 0) is 25.7 Å². The Balaban J connectivity index is 2.44. The van der Waals surface area contributed by atoms with Gasteiger partial charge in [0.2, 0.25) is 5.75 Å². The number of benzene rings is 2. The number of carbonyl (C=O) groups is 4. The van der Waals surface area contributed by atoms with Crippen LogP contribution in [0.4, 0.5) is 4.39 Å². The van der Waals surface area contributed by atoms with E-state index in [1.165, 1.54) is 36.4 Å². The molecule has 0 radical (unpaired) electrons. The first kappa shape index (κ1) is 27.5. The Morgan fingerprint density at radius 3 is 1.63 bits per heavy atom. The van der Waals surface area contributed by atoms with E-state index in [1.807, 2.05) is 0 Å². The molecule has 0 atom stereocenters. The first-order chi connectivity index (χ1) is 16.8. The highest BCUT2D eigenvalue weighted by atomic mass is 19.1. The van der Waals surface area contributed by atoms with E-state index >= 15 is 0 Å². The van der Waals surface area contributed by atoms with E-state index < -0.39 is 29.7 Å². The monoisotopic (exact) mass is 488 g/mol. The van der Waals surface area contributed by atoms with Gasteiger partial charge in [-0.05, 0) is 49.1 Å². The highest BCUT2D eigenvalue weighted by Crippen LogP contribution is 2.40. The second-order valence-corrected chi connectivity index (χ2v) is 7.68. The smallest absolute Gasteiger partial charge is 0.338 e. The third kappa shape index (κ3) is 8.84. The molecular formula is C26H29FO8. The van der Waals surface area contributed by atoms with Crippen LogP contribution in [0.3, 0.4) is 0 Å². The van der Waals surface area contributed by atoms with Crippen LogP contribution in [0.15, 0.2) is 36.4 Å². The summed E-state index contributed by atoms with van der Waals surface area (Å²) in [6, 6.07) is 7.78.